The fourth-order valence-corrected chi connectivity index (χ4v) is 4.76. The molecule has 3 aliphatic rings. The summed E-state index contributed by atoms with van der Waals surface area (Å²) in [5.41, 5.74) is 2.09. The molecule has 2 bridgehead atoms. The van der Waals surface area contributed by atoms with Gasteiger partial charge in [0.25, 0.3) is 0 Å². The standard InChI is InChI=1S/C23H26N2O2/c1-4-12-27-23(22-13-17-9-11-25(22)15-16(17)5-2)19-8-10-24-21-7-6-18(26-3)14-20(19)21/h1,5-8,10,14,16-17,22-23H,2,9,11-13,15H2,3H3/t16?,17?,22-,23+/m0/s1. The summed E-state index contributed by atoms with van der Waals surface area (Å²) in [7, 11) is 1.69. The van der Waals surface area contributed by atoms with Crippen molar-refractivity contribution in [2.24, 2.45) is 11.8 Å². The molecule has 5 atom stereocenters. The van der Waals surface area contributed by atoms with Gasteiger partial charge in [-0.25, -0.2) is 0 Å². The molecule has 3 aliphatic heterocycles. The zero-order chi connectivity index (χ0) is 18.8. The van der Waals surface area contributed by atoms with Crippen molar-refractivity contribution in [1.82, 2.24) is 9.88 Å². The zero-order valence-corrected chi connectivity index (χ0v) is 15.8. The molecule has 4 nitrogen and oxygen atoms in total. The topological polar surface area (TPSA) is 34.6 Å². The molecule has 4 heterocycles. The number of pyridine rings is 1. The van der Waals surface area contributed by atoms with Crippen LogP contribution in [0.2, 0.25) is 0 Å². The van der Waals surface area contributed by atoms with Gasteiger partial charge in [-0.15, -0.1) is 13.0 Å². The Labute approximate surface area is 161 Å². The van der Waals surface area contributed by atoms with E-state index in [1.807, 2.05) is 24.4 Å². The lowest BCUT2D eigenvalue weighted by atomic mass is 9.73. The molecule has 0 spiro atoms. The van der Waals surface area contributed by atoms with Gasteiger partial charge in [0.05, 0.1) is 18.7 Å². The summed E-state index contributed by atoms with van der Waals surface area (Å²) in [5, 5.41) is 1.07. The normalized spacial score (nSPS) is 27.9. The first-order chi connectivity index (χ1) is 13.2. The monoisotopic (exact) mass is 362 g/mol. The van der Waals surface area contributed by atoms with Crippen LogP contribution in [-0.2, 0) is 4.74 Å². The largest absolute Gasteiger partial charge is 0.497 e. The fraction of sp³-hybridized carbons (Fsp3) is 0.435. The van der Waals surface area contributed by atoms with Crippen LogP contribution < -0.4 is 4.74 Å². The highest BCUT2D eigenvalue weighted by Crippen LogP contribution is 2.43. The van der Waals surface area contributed by atoms with E-state index in [0.717, 1.165) is 41.7 Å². The van der Waals surface area contributed by atoms with Crippen molar-refractivity contribution < 1.29 is 9.47 Å². The number of benzene rings is 1. The first-order valence-electron chi connectivity index (χ1n) is 9.59. The van der Waals surface area contributed by atoms with Gasteiger partial charge >= 0.3 is 0 Å². The Morgan fingerprint density at radius 1 is 1.44 bits per heavy atom. The van der Waals surface area contributed by atoms with Crippen molar-refractivity contribution in [2.75, 3.05) is 26.8 Å². The second kappa shape index (κ2) is 7.72. The predicted octanol–water partition coefficient (Wildman–Crippen LogP) is 3.83. The summed E-state index contributed by atoms with van der Waals surface area (Å²) in [4.78, 5) is 7.08. The average molecular weight is 362 g/mol. The van der Waals surface area contributed by atoms with Crippen LogP contribution in [0.3, 0.4) is 0 Å². The molecule has 1 aromatic carbocycles. The Hall–Kier alpha value is -2.35. The van der Waals surface area contributed by atoms with Crippen LogP contribution >= 0.6 is 0 Å². The minimum absolute atomic E-state index is 0.0766. The first kappa shape index (κ1) is 18.0. The average Bonchev–Trinajstić information content (AvgIpc) is 2.74. The molecule has 2 aromatic rings. The highest BCUT2D eigenvalue weighted by Gasteiger charge is 2.43. The van der Waals surface area contributed by atoms with Gasteiger partial charge in [-0.05, 0) is 61.1 Å². The molecule has 1 aromatic heterocycles. The maximum absolute atomic E-state index is 6.25. The van der Waals surface area contributed by atoms with E-state index < -0.39 is 0 Å². The van der Waals surface area contributed by atoms with Gasteiger partial charge in [0.1, 0.15) is 12.4 Å². The number of piperidine rings is 3. The molecule has 4 heteroatoms. The minimum atomic E-state index is -0.0766. The smallest absolute Gasteiger partial charge is 0.119 e. The number of hydrogen-bond acceptors (Lipinski definition) is 4. The van der Waals surface area contributed by atoms with E-state index in [4.69, 9.17) is 15.9 Å². The maximum Gasteiger partial charge on any atom is 0.119 e. The van der Waals surface area contributed by atoms with Crippen LogP contribution in [0.5, 0.6) is 5.75 Å². The number of nitrogens with zero attached hydrogens (tertiary/aromatic N) is 2. The van der Waals surface area contributed by atoms with Gasteiger partial charge in [-0.2, -0.15) is 0 Å². The molecule has 0 amide bonds. The second-order valence-electron chi connectivity index (χ2n) is 7.47. The minimum Gasteiger partial charge on any atom is -0.497 e. The molecular formula is C23H26N2O2. The van der Waals surface area contributed by atoms with Gasteiger partial charge < -0.3 is 9.47 Å². The fourth-order valence-electron chi connectivity index (χ4n) is 4.76. The molecule has 27 heavy (non-hydrogen) atoms. The van der Waals surface area contributed by atoms with Crippen LogP contribution in [0, 0.1) is 24.2 Å². The maximum atomic E-state index is 6.25. The molecule has 0 saturated carbocycles. The third kappa shape index (κ3) is 3.34. The molecule has 3 unspecified atom stereocenters. The van der Waals surface area contributed by atoms with Gasteiger partial charge in [0.15, 0.2) is 0 Å². The molecule has 3 fully saturated rings. The Morgan fingerprint density at radius 3 is 3.04 bits per heavy atom. The van der Waals surface area contributed by atoms with Crippen LogP contribution in [0.1, 0.15) is 24.5 Å². The van der Waals surface area contributed by atoms with E-state index in [1.165, 1.54) is 6.42 Å². The summed E-state index contributed by atoms with van der Waals surface area (Å²) in [6.45, 7) is 6.51. The third-order valence-electron chi connectivity index (χ3n) is 6.14. The second-order valence-corrected chi connectivity index (χ2v) is 7.47. The predicted molar refractivity (Wildman–Crippen MR) is 108 cm³/mol. The van der Waals surface area contributed by atoms with E-state index in [0.29, 0.717) is 24.5 Å². The molecular weight excluding hydrogens is 336 g/mol. The van der Waals surface area contributed by atoms with E-state index in [1.54, 1.807) is 7.11 Å². The van der Waals surface area contributed by atoms with Gasteiger partial charge in [0, 0.05) is 24.2 Å². The summed E-state index contributed by atoms with van der Waals surface area (Å²) in [6.07, 6.45) is 11.8. The van der Waals surface area contributed by atoms with Crippen molar-refractivity contribution in [2.45, 2.75) is 25.0 Å². The SMILES string of the molecule is C#CCO[C@H](c1ccnc2ccc(OC)cc12)[C@@H]1CC2CCN1CC2C=C. The number of hydrogen-bond donors (Lipinski definition) is 0. The first-order valence-corrected chi connectivity index (χ1v) is 9.59. The van der Waals surface area contributed by atoms with Crippen LogP contribution in [-0.4, -0.2) is 42.7 Å². The summed E-state index contributed by atoms with van der Waals surface area (Å²) >= 11 is 0. The van der Waals surface area contributed by atoms with Crippen molar-refractivity contribution >= 4 is 10.9 Å². The van der Waals surface area contributed by atoms with E-state index in [-0.39, 0.29) is 6.10 Å². The van der Waals surface area contributed by atoms with Crippen molar-refractivity contribution in [3.05, 3.63) is 48.7 Å². The van der Waals surface area contributed by atoms with Gasteiger partial charge in [-0.3, -0.25) is 9.88 Å². The Kier molecular flexibility index (Phi) is 5.15. The summed E-state index contributed by atoms with van der Waals surface area (Å²) in [6, 6.07) is 8.38. The quantitative estimate of drug-likeness (QED) is 0.578. The number of aromatic nitrogens is 1. The van der Waals surface area contributed by atoms with Crippen molar-refractivity contribution in [1.29, 1.82) is 0 Å². The highest BCUT2D eigenvalue weighted by molar-refractivity contribution is 5.84. The summed E-state index contributed by atoms with van der Waals surface area (Å²) in [5.74, 6) is 4.73. The number of ether oxygens (including phenoxy) is 2. The Bertz CT molecular complexity index is 872. The molecule has 0 radical (unpaired) electrons. The van der Waals surface area contributed by atoms with Crippen LogP contribution in [0.25, 0.3) is 10.9 Å². The van der Waals surface area contributed by atoms with E-state index in [9.17, 15) is 0 Å². The lowest BCUT2D eigenvalue weighted by molar-refractivity contribution is -0.0673. The Morgan fingerprint density at radius 2 is 2.33 bits per heavy atom. The lowest BCUT2D eigenvalue weighted by Gasteiger charge is -2.51. The molecule has 3 saturated heterocycles. The van der Waals surface area contributed by atoms with E-state index >= 15 is 0 Å². The number of rotatable bonds is 6. The zero-order valence-electron chi connectivity index (χ0n) is 15.8. The van der Waals surface area contributed by atoms with Gasteiger partial charge in [0.2, 0.25) is 0 Å². The summed E-state index contributed by atoms with van der Waals surface area (Å²) < 4.78 is 11.7. The number of methoxy groups -OCH3 is 1. The van der Waals surface area contributed by atoms with Crippen LogP contribution in [0.15, 0.2) is 43.1 Å². The molecule has 0 N–H and O–H groups in total. The molecule has 140 valence electrons. The number of terminal acetylenes is 1. The Balaban J connectivity index is 1.74. The number of fused-ring (bicyclic) bond motifs is 4. The van der Waals surface area contributed by atoms with Crippen molar-refractivity contribution in [3.63, 3.8) is 0 Å². The van der Waals surface area contributed by atoms with Gasteiger partial charge in [-0.1, -0.05) is 12.0 Å². The van der Waals surface area contributed by atoms with Crippen molar-refractivity contribution in [3.8, 4) is 18.1 Å². The lowest BCUT2D eigenvalue weighted by Crippen LogP contribution is -2.55. The molecule has 0 aliphatic carbocycles. The van der Waals surface area contributed by atoms with Crippen LogP contribution in [0.4, 0.5) is 0 Å². The highest BCUT2D eigenvalue weighted by atomic mass is 16.5. The molecule has 5 rings (SSSR count). The third-order valence-corrected chi connectivity index (χ3v) is 6.14. The van der Waals surface area contributed by atoms with E-state index in [2.05, 4.69) is 34.5 Å².